The van der Waals surface area contributed by atoms with E-state index >= 15 is 0 Å². The van der Waals surface area contributed by atoms with E-state index in [-0.39, 0.29) is 5.41 Å². The summed E-state index contributed by atoms with van der Waals surface area (Å²) in [5.41, 5.74) is 12.8. The van der Waals surface area contributed by atoms with Gasteiger partial charge in [0.05, 0.1) is 6.57 Å². The van der Waals surface area contributed by atoms with E-state index in [0.29, 0.717) is 23.2 Å². The van der Waals surface area contributed by atoms with E-state index in [2.05, 4.69) is 134 Å². The molecule has 240 valence electrons. The molecule has 4 nitrogen and oxygen atoms in total. The fourth-order valence-corrected chi connectivity index (χ4v) is 7.47. The van der Waals surface area contributed by atoms with Crippen LogP contribution in [-0.4, -0.2) is 15.0 Å². The third kappa shape index (κ3) is 5.28. The van der Waals surface area contributed by atoms with Crippen molar-refractivity contribution in [2.24, 2.45) is 0 Å². The highest BCUT2D eigenvalue weighted by molar-refractivity contribution is 5.95. The molecule has 51 heavy (non-hydrogen) atoms. The summed E-state index contributed by atoms with van der Waals surface area (Å²) >= 11 is 0. The van der Waals surface area contributed by atoms with E-state index < -0.39 is 0 Å². The number of hydrogen-bond donors (Lipinski definition) is 0. The van der Waals surface area contributed by atoms with Gasteiger partial charge in [-0.15, -0.1) is 0 Å². The molecule has 0 N–H and O–H groups in total. The lowest BCUT2D eigenvalue weighted by Gasteiger charge is -2.22. The second kappa shape index (κ2) is 12.0. The van der Waals surface area contributed by atoms with Gasteiger partial charge in [0.2, 0.25) is 0 Å². The second-order valence-corrected chi connectivity index (χ2v) is 13.6. The average Bonchev–Trinajstić information content (AvgIpc) is 3.42. The molecule has 0 radical (unpaired) electrons. The van der Waals surface area contributed by atoms with Gasteiger partial charge in [0.1, 0.15) is 0 Å². The molecule has 4 heteroatoms. The SMILES string of the molecule is [C-]#[N+]c1ccc2c(c1)-c1ccc(-c3cccc(-c4cccc(-c5nc(-c6ccccc6)nc(-c6cccc7ccccc67)n5)c4)c3)cc1C2(C)C. The van der Waals surface area contributed by atoms with Crippen molar-refractivity contribution in [3.63, 3.8) is 0 Å². The molecule has 0 spiro atoms. The summed E-state index contributed by atoms with van der Waals surface area (Å²) in [4.78, 5) is 18.8. The topological polar surface area (TPSA) is 43.0 Å². The Morgan fingerprint density at radius 1 is 0.431 bits per heavy atom. The van der Waals surface area contributed by atoms with E-state index in [9.17, 15) is 0 Å². The van der Waals surface area contributed by atoms with Gasteiger partial charge in [0.15, 0.2) is 23.2 Å². The first-order valence-corrected chi connectivity index (χ1v) is 17.1. The summed E-state index contributed by atoms with van der Waals surface area (Å²) in [5.74, 6) is 1.92. The first-order chi connectivity index (χ1) is 25.0. The van der Waals surface area contributed by atoms with Gasteiger partial charge in [-0.3, -0.25) is 0 Å². The van der Waals surface area contributed by atoms with Crippen molar-refractivity contribution in [2.45, 2.75) is 19.3 Å². The van der Waals surface area contributed by atoms with Crippen LogP contribution in [-0.2, 0) is 5.41 Å². The summed E-state index contributed by atoms with van der Waals surface area (Å²) in [6.45, 7) is 12.1. The van der Waals surface area contributed by atoms with Gasteiger partial charge in [0.25, 0.3) is 0 Å². The minimum atomic E-state index is -0.152. The minimum Gasteiger partial charge on any atom is -0.238 e. The normalized spacial score (nSPS) is 12.6. The molecule has 0 fully saturated rings. The quantitative estimate of drug-likeness (QED) is 0.174. The van der Waals surface area contributed by atoms with Crippen LogP contribution in [0.1, 0.15) is 25.0 Å². The smallest absolute Gasteiger partial charge is 0.187 e. The molecule has 0 amide bonds. The zero-order valence-electron chi connectivity index (χ0n) is 28.3. The third-order valence-corrected chi connectivity index (χ3v) is 10.1. The minimum absolute atomic E-state index is 0.152. The Morgan fingerprint density at radius 3 is 1.78 bits per heavy atom. The van der Waals surface area contributed by atoms with Gasteiger partial charge in [-0.25, -0.2) is 19.8 Å². The summed E-state index contributed by atoms with van der Waals surface area (Å²) < 4.78 is 0. The van der Waals surface area contributed by atoms with Crippen molar-refractivity contribution < 1.29 is 0 Å². The molecule has 0 unspecified atom stereocenters. The predicted octanol–water partition coefficient (Wildman–Crippen LogP) is 12.2. The van der Waals surface area contributed by atoms with Gasteiger partial charge in [-0.1, -0.05) is 147 Å². The third-order valence-electron chi connectivity index (χ3n) is 10.1. The lowest BCUT2D eigenvalue weighted by atomic mass is 9.81. The fraction of sp³-hybridized carbons (Fsp3) is 0.0638. The van der Waals surface area contributed by atoms with Crippen molar-refractivity contribution in [2.75, 3.05) is 0 Å². The molecule has 1 aliphatic rings. The Kier molecular flexibility index (Phi) is 7.15. The highest BCUT2D eigenvalue weighted by Crippen LogP contribution is 2.50. The van der Waals surface area contributed by atoms with E-state index in [4.69, 9.17) is 21.5 Å². The van der Waals surface area contributed by atoms with Crippen molar-refractivity contribution in [3.05, 3.63) is 180 Å². The van der Waals surface area contributed by atoms with E-state index in [1.165, 1.54) is 22.3 Å². The monoisotopic (exact) mass is 652 g/mol. The van der Waals surface area contributed by atoms with Crippen LogP contribution in [0, 0.1) is 6.57 Å². The van der Waals surface area contributed by atoms with E-state index in [1.54, 1.807) is 0 Å². The van der Waals surface area contributed by atoms with Gasteiger partial charge in [-0.05, 0) is 79.5 Å². The van der Waals surface area contributed by atoms with Crippen LogP contribution in [0.15, 0.2) is 158 Å². The number of benzene rings is 7. The Morgan fingerprint density at radius 2 is 1.02 bits per heavy atom. The molecule has 0 saturated heterocycles. The van der Waals surface area contributed by atoms with E-state index in [0.717, 1.165) is 49.7 Å². The zero-order valence-corrected chi connectivity index (χ0v) is 28.3. The van der Waals surface area contributed by atoms with Crippen molar-refractivity contribution in [3.8, 4) is 67.5 Å². The molecule has 1 aliphatic carbocycles. The lowest BCUT2D eigenvalue weighted by molar-refractivity contribution is 0.661. The van der Waals surface area contributed by atoms with Crippen molar-refractivity contribution in [1.82, 2.24) is 15.0 Å². The van der Waals surface area contributed by atoms with E-state index in [1.807, 2.05) is 42.5 Å². The number of hydrogen-bond acceptors (Lipinski definition) is 3. The van der Waals surface area contributed by atoms with Crippen LogP contribution in [0.4, 0.5) is 5.69 Å². The Labute approximate surface area is 297 Å². The molecule has 0 atom stereocenters. The Hall–Kier alpha value is -6.70. The molecular formula is C47H32N4. The first kappa shape index (κ1) is 30.4. The highest BCUT2D eigenvalue weighted by atomic mass is 15.0. The molecule has 1 heterocycles. The summed E-state index contributed by atoms with van der Waals surface area (Å²) in [6.07, 6.45) is 0. The largest absolute Gasteiger partial charge is 0.238 e. The maximum atomic E-state index is 7.52. The van der Waals surface area contributed by atoms with Crippen molar-refractivity contribution >= 4 is 16.5 Å². The standard InChI is InChI=1S/C47H32N4/c1-47(2)42-25-23-37(48-3)29-41(42)39-24-22-35(28-43(39)47)33-17-9-16-32(26-33)34-18-10-19-36(27-34)45-49-44(31-13-5-4-6-14-31)50-46(51-45)40-21-11-15-30-12-7-8-20-38(30)40/h4-29H,1-2H3. The van der Waals surface area contributed by atoms with Crippen LogP contribution < -0.4 is 0 Å². The number of rotatable bonds is 5. The predicted molar refractivity (Wildman–Crippen MR) is 208 cm³/mol. The molecule has 0 saturated carbocycles. The maximum absolute atomic E-state index is 7.52. The fourth-order valence-electron chi connectivity index (χ4n) is 7.47. The summed E-state index contributed by atoms with van der Waals surface area (Å²) in [5, 5.41) is 2.25. The molecular weight excluding hydrogens is 621 g/mol. The molecule has 7 aromatic carbocycles. The van der Waals surface area contributed by atoms with Gasteiger partial charge in [-0.2, -0.15) is 0 Å². The molecule has 9 rings (SSSR count). The van der Waals surface area contributed by atoms with Gasteiger partial charge in [0, 0.05) is 22.1 Å². The Bertz CT molecular complexity index is 2680. The second-order valence-electron chi connectivity index (χ2n) is 13.6. The van der Waals surface area contributed by atoms with Crippen LogP contribution >= 0.6 is 0 Å². The lowest BCUT2D eigenvalue weighted by Crippen LogP contribution is -2.14. The molecule has 0 aliphatic heterocycles. The Balaban J connectivity index is 1.12. The van der Waals surface area contributed by atoms with Crippen LogP contribution in [0.25, 0.3) is 83.2 Å². The van der Waals surface area contributed by atoms with Gasteiger partial charge < -0.3 is 0 Å². The number of fused-ring (bicyclic) bond motifs is 4. The maximum Gasteiger partial charge on any atom is 0.187 e. The van der Waals surface area contributed by atoms with Crippen LogP contribution in [0.5, 0.6) is 0 Å². The summed E-state index contributed by atoms with van der Waals surface area (Å²) in [6, 6.07) is 54.7. The van der Waals surface area contributed by atoms with Crippen molar-refractivity contribution in [1.29, 1.82) is 0 Å². The molecule has 1 aromatic heterocycles. The average molecular weight is 653 g/mol. The van der Waals surface area contributed by atoms with Crippen LogP contribution in [0.3, 0.4) is 0 Å². The highest BCUT2D eigenvalue weighted by Gasteiger charge is 2.35. The first-order valence-electron chi connectivity index (χ1n) is 17.1. The summed E-state index contributed by atoms with van der Waals surface area (Å²) in [7, 11) is 0. The number of nitrogens with zero attached hydrogens (tertiary/aromatic N) is 4. The zero-order chi connectivity index (χ0) is 34.5. The van der Waals surface area contributed by atoms with Crippen LogP contribution in [0.2, 0.25) is 0 Å². The molecule has 8 aromatic rings. The number of aromatic nitrogens is 3. The molecule has 0 bridgehead atoms. The van der Waals surface area contributed by atoms with Gasteiger partial charge >= 0.3 is 0 Å².